The highest BCUT2D eigenvalue weighted by Gasteiger charge is 2.17. The third kappa shape index (κ3) is 5.04. The largest absolute Gasteiger partial charge is 0.493 e. The van der Waals surface area contributed by atoms with Gasteiger partial charge in [-0.3, -0.25) is 14.7 Å². The van der Waals surface area contributed by atoms with Crippen molar-refractivity contribution in [1.29, 1.82) is 0 Å². The summed E-state index contributed by atoms with van der Waals surface area (Å²) in [4.78, 5) is 24.1. The molecule has 1 unspecified atom stereocenters. The summed E-state index contributed by atoms with van der Waals surface area (Å²) in [5.41, 5.74) is 1.15. The normalized spacial score (nSPS) is 11.6. The molecule has 3 N–H and O–H groups in total. The first-order chi connectivity index (χ1) is 15.0. The number of methoxy groups -OCH3 is 3. The van der Waals surface area contributed by atoms with Crippen molar-refractivity contribution in [2.45, 2.75) is 12.6 Å². The van der Waals surface area contributed by atoms with Crippen molar-refractivity contribution in [2.24, 2.45) is 0 Å². The number of hydrogen-bond acceptors (Lipinski definition) is 7. The SMILES string of the molecule is COc1cc(-c2cc(C(=O)NCC(O)Cn3ccccc3=O)[nH]n2)cc(OC)c1OC. The summed E-state index contributed by atoms with van der Waals surface area (Å²) in [6.45, 7) is 0.0400. The Hall–Kier alpha value is -3.79. The molecule has 0 saturated heterocycles. The van der Waals surface area contributed by atoms with E-state index in [4.69, 9.17) is 14.2 Å². The quantitative estimate of drug-likeness (QED) is 0.465. The van der Waals surface area contributed by atoms with Gasteiger partial charge in [-0.1, -0.05) is 6.07 Å². The standard InChI is InChI=1S/C21H24N4O6/c1-29-17-8-13(9-18(30-2)20(17)31-3)15-10-16(24-23-15)21(28)22-11-14(26)12-25-7-5-4-6-19(25)27/h4-10,14,26H,11-12H2,1-3H3,(H,22,28)(H,23,24). The van der Waals surface area contributed by atoms with Crippen molar-refractivity contribution in [1.82, 2.24) is 20.1 Å². The number of pyridine rings is 1. The van der Waals surface area contributed by atoms with E-state index in [9.17, 15) is 14.7 Å². The number of aliphatic hydroxyl groups is 1. The predicted molar refractivity (Wildman–Crippen MR) is 113 cm³/mol. The molecule has 0 radical (unpaired) electrons. The van der Waals surface area contributed by atoms with Crippen molar-refractivity contribution in [2.75, 3.05) is 27.9 Å². The Kier molecular flexibility index (Phi) is 6.93. The second-order valence-corrected chi connectivity index (χ2v) is 6.64. The molecule has 1 aromatic carbocycles. The van der Waals surface area contributed by atoms with Crippen LogP contribution in [0.15, 0.2) is 47.4 Å². The molecule has 2 heterocycles. The molecule has 164 valence electrons. The summed E-state index contributed by atoms with van der Waals surface area (Å²) in [5.74, 6) is 0.940. The van der Waals surface area contributed by atoms with E-state index in [1.54, 1.807) is 36.5 Å². The number of benzene rings is 1. The fourth-order valence-corrected chi connectivity index (χ4v) is 3.02. The molecule has 1 atom stereocenters. The first-order valence-electron chi connectivity index (χ1n) is 9.44. The fraction of sp³-hybridized carbons (Fsp3) is 0.286. The van der Waals surface area contributed by atoms with E-state index in [2.05, 4.69) is 15.5 Å². The van der Waals surface area contributed by atoms with Gasteiger partial charge in [0.2, 0.25) is 5.75 Å². The van der Waals surface area contributed by atoms with Crippen LogP contribution in [0.25, 0.3) is 11.3 Å². The molecular formula is C21H24N4O6. The number of aliphatic hydroxyl groups excluding tert-OH is 1. The van der Waals surface area contributed by atoms with Gasteiger partial charge in [0.05, 0.1) is 39.7 Å². The van der Waals surface area contributed by atoms with Crippen LogP contribution >= 0.6 is 0 Å². The first-order valence-corrected chi connectivity index (χ1v) is 9.44. The van der Waals surface area contributed by atoms with Gasteiger partial charge in [0.1, 0.15) is 5.69 Å². The van der Waals surface area contributed by atoms with E-state index in [0.29, 0.717) is 28.5 Å². The molecule has 0 aliphatic heterocycles. The minimum Gasteiger partial charge on any atom is -0.493 e. The number of aromatic amines is 1. The number of ether oxygens (including phenoxy) is 3. The Morgan fingerprint density at radius 1 is 1.16 bits per heavy atom. The van der Waals surface area contributed by atoms with Crippen molar-refractivity contribution in [3.63, 3.8) is 0 Å². The molecule has 10 nitrogen and oxygen atoms in total. The van der Waals surface area contributed by atoms with Crippen molar-refractivity contribution in [3.8, 4) is 28.5 Å². The number of nitrogens with one attached hydrogen (secondary N) is 2. The maximum atomic E-state index is 12.4. The van der Waals surface area contributed by atoms with Crippen LogP contribution < -0.4 is 25.1 Å². The average molecular weight is 428 g/mol. The zero-order valence-electron chi connectivity index (χ0n) is 17.4. The third-order valence-corrected chi connectivity index (χ3v) is 4.59. The first kappa shape index (κ1) is 21.9. The molecule has 2 aromatic heterocycles. The summed E-state index contributed by atoms with van der Waals surface area (Å²) >= 11 is 0. The molecule has 3 rings (SSSR count). The number of rotatable bonds is 9. The van der Waals surface area contributed by atoms with Gasteiger partial charge in [0, 0.05) is 24.4 Å². The lowest BCUT2D eigenvalue weighted by molar-refractivity contribution is 0.0898. The predicted octanol–water partition coefficient (Wildman–Crippen LogP) is 1.06. The van der Waals surface area contributed by atoms with Crippen molar-refractivity contribution >= 4 is 5.91 Å². The second kappa shape index (κ2) is 9.81. The van der Waals surface area contributed by atoms with E-state index in [0.717, 1.165) is 0 Å². The molecule has 1 amide bonds. The van der Waals surface area contributed by atoms with Gasteiger partial charge < -0.3 is 29.2 Å². The van der Waals surface area contributed by atoms with Gasteiger partial charge in [-0.05, 0) is 24.3 Å². The average Bonchev–Trinajstić information content (AvgIpc) is 3.28. The number of hydrogen-bond donors (Lipinski definition) is 3. The van der Waals surface area contributed by atoms with Crippen LogP contribution in [-0.2, 0) is 6.54 Å². The number of carbonyl (C=O) groups excluding carboxylic acids is 1. The molecular weight excluding hydrogens is 404 g/mol. The molecule has 10 heteroatoms. The van der Waals surface area contributed by atoms with Crippen LogP contribution in [0.2, 0.25) is 0 Å². The monoisotopic (exact) mass is 428 g/mol. The van der Waals surface area contributed by atoms with Crippen molar-refractivity contribution < 1.29 is 24.1 Å². The topological polar surface area (TPSA) is 128 Å². The molecule has 31 heavy (non-hydrogen) atoms. The lowest BCUT2D eigenvalue weighted by atomic mass is 10.1. The number of carbonyl (C=O) groups is 1. The molecule has 3 aromatic rings. The lowest BCUT2D eigenvalue weighted by Gasteiger charge is -2.13. The van der Waals surface area contributed by atoms with Gasteiger partial charge in [-0.15, -0.1) is 0 Å². The van der Waals surface area contributed by atoms with Crippen LogP contribution in [0.4, 0.5) is 0 Å². The third-order valence-electron chi connectivity index (χ3n) is 4.59. The van der Waals surface area contributed by atoms with Crippen LogP contribution in [0.1, 0.15) is 10.5 Å². The van der Waals surface area contributed by atoms with Gasteiger partial charge in [0.25, 0.3) is 11.5 Å². The highest BCUT2D eigenvalue weighted by atomic mass is 16.5. The second-order valence-electron chi connectivity index (χ2n) is 6.64. The number of amides is 1. The Balaban J connectivity index is 1.68. The lowest BCUT2D eigenvalue weighted by Crippen LogP contribution is -2.36. The van der Waals surface area contributed by atoms with E-state index in [1.165, 1.54) is 32.0 Å². The van der Waals surface area contributed by atoms with Crippen LogP contribution in [-0.4, -0.2) is 59.8 Å². The maximum absolute atomic E-state index is 12.4. The van der Waals surface area contributed by atoms with E-state index in [1.807, 2.05) is 0 Å². The summed E-state index contributed by atoms with van der Waals surface area (Å²) in [6.07, 6.45) is 0.646. The minimum absolute atomic E-state index is 0.0291. The molecule has 0 fully saturated rings. The number of nitrogens with zero attached hydrogens (tertiary/aromatic N) is 2. The van der Waals surface area contributed by atoms with Gasteiger partial charge in [-0.2, -0.15) is 5.10 Å². The molecule has 0 saturated carbocycles. The smallest absolute Gasteiger partial charge is 0.269 e. The summed E-state index contributed by atoms with van der Waals surface area (Å²) in [5, 5.41) is 19.6. The fourth-order valence-electron chi connectivity index (χ4n) is 3.02. The van der Waals surface area contributed by atoms with Gasteiger partial charge in [0.15, 0.2) is 11.5 Å². The highest BCUT2D eigenvalue weighted by Crippen LogP contribution is 2.40. The molecule has 0 spiro atoms. The van der Waals surface area contributed by atoms with E-state index >= 15 is 0 Å². The zero-order chi connectivity index (χ0) is 22.4. The summed E-state index contributed by atoms with van der Waals surface area (Å²) < 4.78 is 17.4. The molecule has 0 aliphatic rings. The Morgan fingerprint density at radius 2 is 1.87 bits per heavy atom. The highest BCUT2D eigenvalue weighted by molar-refractivity contribution is 5.93. The number of aromatic nitrogens is 3. The van der Waals surface area contributed by atoms with Gasteiger partial charge >= 0.3 is 0 Å². The van der Waals surface area contributed by atoms with Crippen LogP contribution in [0.3, 0.4) is 0 Å². The molecule has 0 aliphatic carbocycles. The maximum Gasteiger partial charge on any atom is 0.269 e. The zero-order valence-corrected chi connectivity index (χ0v) is 17.4. The minimum atomic E-state index is -0.929. The Morgan fingerprint density at radius 3 is 2.48 bits per heavy atom. The number of H-pyrrole nitrogens is 1. The summed E-state index contributed by atoms with van der Waals surface area (Å²) in [6, 6.07) is 9.74. The van der Waals surface area contributed by atoms with E-state index < -0.39 is 12.0 Å². The Bertz CT molecular complexity index is 1080. The summed E-state index contributed by atoms with van der Waals surface area (Å²) in [7, 11) is 4.54. The molecule has 0 bridgehead atoms. The van der Waals surface area contributed by atoms with Gasteiger partial charge in [-0.25, -0.2) is 0 Å². The van der Waals surface area contributed by atoms with Crippen LogP contribution in [0, 0.1) is 0 Å². The van der Waals surface area contributed by atoms with Crippen molar-refractivity contribution in [3.05, 3.63) is 58.6 Å². The Labute approximate surface area is 178 Å². The van der Waals surface area contributed by atoms with E-state index in [-0.39, 0.29) is 24.3 Å². The van der Waals surface area contributed by atoms with Crippen LogP contribution in [0.5, 0.6) is 17.2 Å².